The summed E-state index contributed by atoms with van der Waals surface area (Å²) >= 11 is 0. The Morgan fingerprint density at radius 2 is 1.65 bits per heavy atom. The van der Waals surface area contributed by atoms with Crippen molar-refractivity contribution in [3.8, 4) is 5.75 Å². The number of para-hydroxylation sites is 2. The molecule has 2 N–H and O–H groups in total. The van der Waals surface area contributed by atoms with Crippen LogP contribution in [-0.4, -0.2) is 19.8 Å². The number of phenolic OH excluding ortho intramolecular Hbond substituents is 1. The Hall–Kier alpha value is -2.01. The number of benzene rings is 2. The molecule has 20 heavy (non-hydrogen) atoms. The second-order valence-corrected chi connectivity index (χ2v) is 6.68. The largest absolute Gasteiger partial charge is 0.508 e. The molecule has 0 aliphatic carbocycles. The van der Waals surface area contributed by atoms with E-state index in [1.807, 2.05) is 13.0 Å². The number of hydrogen-bond acceptors (Lipinski definition) is 4. The van der Waals surface area contributed by atoms with Crippen molar-refractivity contribution < 1.29 is 13.5 Å². The van der Waals surface area contributed by atoms with Crippen LogP contribution in [0.5, 0.6) is 5.75 Å². The molecule has 1 atom stereocenters. The summed E-state index contributed by atoms with van der Waals surface area (Å²) in [5, 5.41) is 13.0. The van der Waals surface area contributed by atoms with Crippen LogP contribution in [0.15, 0.2) is 53.4 Å². The predicted molar refractivity (Wildman–Crippen MR) is 79.7 cm³/mol. The first-order valence-electron chi connectivity index (χ1n) is 6.23. The highest BCUT2D eigenvalue weighted by molar-refractivity contribution is 7.90. The minimum Gasteiger partial charge on any atom is -0.508 e. The van der Waals surface area contributed by atoms with Gasteiger partial charge in [0.15, 0.2) is 9.84 Å². The third-order valence-electron chi connectivity index (χ3n) is 3.06. The molecule has 5 heteroatoms. The monoisotopic (exact) mass is 291 g/mol. The summed E-state index contributed by atoms with van der Waals surface area (Å²) in [5.41, 5.74) is 1.25. The predicted octanol–water partition coefficient (Wildman–Crippen LogP) is 2.97. The molecule has 0 aliphatic heterocycles. The van der Waals surface area contributed by atoms with E-state index in [4.69, 9.17) is 0 Å². The van der Waals surface area contributed by atoms with E-state index in [1.54, 1.807) is 42.5 Å². The fraction of sp³-hybridized carbons (Fsp3) is 0.200. The fourth-order valence-electron chi connectivity index (χ4n) is 2.07. The fourth-order valence-corrected chi connectivity index (χ4v) is 2.93. The van der Waals surface area contributed by atoms with Crippen LogP contribution >= 0.6 is 0 Å². The Balaban J connectivity index is 2.34. The van der Waals surface area contributed by atoms with Crippen LogP contribution in [-0.2, 0) is 9.84 Å². The van der Waals surface area contributed by atoms with Gasteiger partial charge in [-0.15, -0.1) is 0 Å². The molecule has 0 amide bonds. The van der Waals surface area contributed by atoms with Crippen molar-refractivity contribution in [2.45, 2.75) is 17.9 Å². The average Bonchev–Trinajstić information content (AvgIpc) is 2.38. The third kappa shape index (κ3) is 3.11. The van der Waals surface area contributed by atoms with Crippen LogP contribution in [0.2, 0.25) is 0 Å². The van der Waals surface area contributed by atoms with Crippen LogP contribution in [0.3, 0.4) is 0 Å². The SMILES string of the molecule is CC(Nc1ccccc1S(C)(=O)=O)c1ccccc1O. The lowest BCUT2D eigenvalue weighted by Crippen LogP contribution is -2.10. The van der Waals surface area contributed by atoms with Crippen LogP contribution in [0.4, 0.5) is 5.69 Å². The number of anilines is 1. The topological polar surface area (TPSA) is 66.4 Å². The smallest absolute Gasteiger partial charge is 0.177 e. The Kier molecular flexibility index (Phi) is 3.99. The first-order valence-corrected chi connectivity index (χ1v) is 8.12. The van der Waals surface area contributed by atoms with E-state index >= 15 is 0 Å². The number of rotatable bonds is 4. The highest BCUT2D eigenvalue weighted by atomic mass is 32.2. The summed E-state index contributed by atoms with van der Waals surface area (Å²) in [6, 6.07) is 13.5. The van der Waals surface area contributed by atoms with Gasteiger partial charge in [0.1, 0.15) is 5.75 Å². The zero-order chi connectivity index (χ0) is 14.8. The lowest BCUT2D eigenvalue weighted by Gasteiger charge is -2.18. The van der Waals surface area contributed by atoms with E-state index in [0.29, 0.717) is 5.69 Å². The van der Waals surface area contributed by atoms with Crippen molar-refractivity contribution in [2.24, 2.45) is 0 Å². The van der Waals surface area contributed by atoms with Gasteiger partial charge in [-0.2, -0.15) is 0 Å². The van der Waals surface area contributed by atoms with Gasteiger partial charge in [0, 0.05) is 11.8 Å². The van der Waals surface area contributed by atoms with Gasteiger partial charge in [0.2, 0.25) is 0 Å². The van der Waals surface area contributed by atoms with E-state index in [-0.39, 0.29) is 16.7 Å². The maximum Gasteiger partial charge on any atom is 0.177 e. The third-order valence-corrected chi connectivity index (χ3v) is 4.22. The quantitative estimate of drug-likeness (QED) is 0.909. The van der Waals surface area contributed by atoms with Gasteiger partial charge in [-0.1, -0.05) is 30.3 Å². The molecule has 0 saturated heterocycles. The van der Waals surface area contributed by atoms with Crippen LogP contribution in [0, 0.1) is 0 Å². The Bertz CT molecular complexity index is 711. The van der Waals surface area contributed by atoms with Gasteiger partial charge in [-0.25, -0.2) is 8.42 Å². The summed E-state index contributed by atoms with van der Waals surface area (Å²) in [6.45, 7) is 1.87. The highest BCUT2D eigenvalue weighted by Crippen LogP contribution is 2.29. The number of hydrogen-bond donors (Lipinski definition) is 2. The van der Waals surface area contributed by atoms with E-state index in [9.17, 15) is 13.5 Å². The van der Waals surface area contributed by atoms with Crippen LogP contribution in [0.25, 0.3) is 0 Å². The molecule has 0 aliphatic rings. The number of sulfone groups is 1. The van der Waals surface area contributed by atoms with Crippen molar-refractivity contribution in [3.63, 3.8) is 0 Å². The summed E-state index contributed by atoms with van der Waals surface area (Å²) in [6.07, 6.45) is 1.18. The standard InChI is InChI=1S/C15H17NO3S/c1-11(12-7-3-5-9-14(12)17)16-13-8-4-6-10-15(13)20(2,18)19/h3-11,16-17H,1-2H3. The average molecular weight is 291 g/mol. The van der Waals surface area contributed by atoms with Gasteiger partial charge < -0.3 is 10.4 Å². The molecule has 0 saturated carbocycles. The van der Waals surface area contributed by atoms with Gasteiger partial charge in [-0.05, 0) is 25.1 Å². The molecule has 2 aromatic carbocycles. The van der Waals surface area contributed by atoms with Crippen molar-refractivity contribution in [1.82, 2.24) is 0 Å². The first kappa shape index (κ1) is 14.4. The molecule has 2 aromatic rings. The summed E-state index contributed by atoms with van der Waals surface area (Å²) in [5.74, 6) is 0.185. The molecule has 0 fully saturated rings. The summed E-state index contributed by atoms with van der Waals surface area (Å²) in [7, 11) is -3.30. The first-order chi connectivity index (χ1) is 9.39. The minimum atomic E-state index is -3.30. The molecular weight excluding hydrogens is 274 g/mol. The second kappa shape index (κ2) is 5.54. The molecule has 0 aromatic heterocycles. The maximum atomic E-state index is 11.7. The van der Waals surface area contributed by atoms with E-state index in [0.717, 1.165) is 5.56 Å². The van der Waals surface area contributed by atoms with E-state index < -0.39 is 9.84 Å². The Labute approximate surface area is 119 Å². The molecule has 0 bridgehead atoms. The molecule has 106 valence electrons. The van der Waals surface area contributed by atoms with Crippen molar-refractivity contribution >= 4 is 15.5 Å². The normalized spacial score (nSPS) is 12.9. The van der Waals surface area contributed by atoms with E-state index in [1.165, 1.54) is 6.26 Å². The number of aromatic hydroxyl groups is 1. The molecule has 1 unspecified atom stereocenters. The maximum absolute atomic E-state index is 11.7. The van der Waals surface area contributed by atoms with Crippen LogP contribution in [0.1, 0.15) is 18.5 Å². The highest BCUT2D eigenvalue weighted by Gasteiger charge is 2.16. The van der Waals surface area contributed by atoms with Gasteiger partial charge in [-0.3, -0.25) is 0 Å². The molecule has 4 nitrogen and oxygen atoms in total. The molecule has 0 radical (unpaired) electrons. The molecule has 0 heterocycles. The van der Waals surface area contributed by atoms with Crippen molar-refractivity contribution in [2.75, 3.05) is 11.6 Å². The summed E-state index contributed by atoms with van der Waals surface area (Å²) in [4.78, 5) is 0.252. The van der Waals surface area contributed by atoms with Crippen molar-refractivity contribution in [3.05, 3.63) is 54.1 Å². The second-order valence-electron chi connectivity index (χ2n) is 4.69. The van der Waals surface area contributed by atoms with Gasteiger partial charge >= 0.3 is 0 Å². The van der Waals surface area contributed by atoms with E-state index in [2.05, 4.69) is 5.32 Å². The Morgan fingerprint density at radius 3 is 2.30 bits per heavy atom. The van der Waals surface area contributed by atoms with Gasteiger partial charge in [0.05, 0.1) is 16.6 Å². The van der Waals surface area contributed by atoms with Crippen LogP contribution < -0.4 is 5.32 Å². The molecular formula is C15H17NO3S. The minimum absolute atomic E-state index is 0.185. The summed E-state index contributed by atoms with van der Waals surface area (Å²) < 4.78 is 23.5. The molecule has 0 spiro atoms. The zero-order valence-corrected chi connectivity index (χ0v) is 12.2. The number of nitrogens with one attached hydrogen (secondary N) is 1. The number of phenols is 1. The van der Waals surface area contributed by atoms with Crippen molar-refractivity contribution in [1.29, 1.82) is 0 Å². The van der Waals surface area contributed by atoms with Gasteiger partial charge in [0.25, 0.3) is 0 Å². The molecule has 2 rings (SSSR count). The lowest BCUT2D eigenvalue weighted by molar-refractivity contribution is 0.465. The zero-order valence-electron chi connectivity index (χ0n) is 11.4. The Morgan fingerprint density at radius 1 is 1.05 bits per heavy atom. The lowest BCUT2D eigenvalue weighted by atomic mass is 10.1.